The van der Waals surface area contributed by atoms with Crippen molar-refractivity contribution in [3.63, 3.8) is 0 Å². The van der Waals surface area contributed by atoms with E-state index in [-0.39, 0.29) is 17.4 Å². The van der Waals surface area contributed by atoms with Crippen molar-refractivity contribution in [1.82, 2.24) is 5.32 Å². The predicted molar refractivity (Wildman–Crippen MR) is 112 cm³/mol. The quantitative estimate of drug-likeness (QED) is 0.745. The Balaban J connectivity index is 1.68. The molecule has 5 nitrogen and oxygen atoms in total. The zero-order valence-corrected chi connectivity index (χ0v) is 16.7. The Morgan fingerprint density at radius 2 is 1.79 bits per heavy atom. The Hall–Kier alpha value is -2.53. The van der Waals surface area contributed by atoms with E-state index in [0.717, 1.165) is 37.2 Å². The van der Waals surface area contributed by atoms with Crippen LogP contribution in [-0.2, 0) is 0 Å². The number of hydrogen-bond donors (Lipinski definition) is 2. The number of rotatable bonds is 6. The van der Waals surface area contributed by atoms with E-state index < -0.39 is 5.97 Å². The van der Waals surface area contributed by atoms with Gasteiger partial charge in [0.1, 0.15) is 0 Å². The molecule has 0 saturated carbocycles. The maximum Gasteiger partial charge on any atom is 0.335 e. The number of nitrogens with zero attached hydrogens (tertiary/aromatic N) is 1. The van der Waals surface area contributed by atoms with E-state index in [9.17, 15) is 9.59 Å². The molecule has 3 rings (SSSR count). The summed E-state index contributed by atoms with van der Waals surface area (Å²) in [6.07, 6.45) is 3.49. The van der Waals surface area contributed by atoms with Crippen LogP contribution in [0.1, 0.15) is 58.4 Å². The molecule has 1 saturated heterocycles. The Kier molecular flexibility index (Phi) is 6.57. The number of carbonyl (C=O) groups excluding carboxylic acids is 1. The van der Waals surface area contributed by atoms with Gasteiger partial charge in [0.25, 0.3) is 5.91 Å². The van der Waals surface area contributed by atoms with Gasteiger partial charge in [-0.3, -0.25) is 4.79 Å². The third-order valence-corrected chi connectivity index (χ3v) is 5.43. The number of halogens is 1. The van der Waals surface area contributed by atoms with Crippen molar-refractivity contribution in [2.24, 2.45) is 0 Å². The molecule has 1 heterocycles. The summed E-state index contributed by atoms with van der Waals surface area (Å²) in [5, 5.41) is 12.5. The molecular formula is C22H25ClN2O3. The van der Waals surface area contributed by atoms with Crippen molar-refractivity contribution in [2.75, 3.05) is 24.5 Å². The first-order valence-corrected chi connectivity index (χ1v) is 9.99. The minimum Gasteiger partial charge on any atom is -0.478 e. The topological polar surface area (TPSA) is 69.6 Å². The van der Waals surface area contributed by atoms with Crippen LogP contribution in [0.5, 0.6) is 0 Å². The highest BCUT2D eigenvalue weighted by Gasteiger charge is 2.19. The van der Waals surface area contributed by atoms with Gasteiger partial charge in [-0.25, -0.2) is 4.79 Å². The van der Waals surface area contributed by atoms with Crippen molar-refractivity contribution in [2.45, 2.75) is 32.1 Å². The lowest BCUT2D eigenvalue weighted by Crippen LogP contribution is -2.33. The molecule has 2 N–H and O–H groups in total. The van der Waals surface area contributed by atoms with Crippen molar-refractivity contribution in [3.05, 3.63) is 64.2 Å². The molecule has 0 aliphatic carbocycles. The van der Waals surface area contributed by atoms with Gasteiger partial charge in [0.05, 0.1) is 11.1 Å². The van der Waals surface area contributed by atoms with E-state index in [1.807, 2.05) is 19.1 Å². The number of carbonyl (C=O) groups is 2. The second kappa shape index (κ2) is 9.11. The number of anilines is 1. The van der Waals surface area contributed by atoms with Crippen LogP contribution >= 0.6 is 11.6 Å². The van der Waals surface area contributed by atoms with E-state index >= 15 is 0 Å². The molecule has 1 fully saturated rings. The van der Waals surface area contributed by atoms with Crippen molar-refractivity contribution >= 4 is 29.2 Å². The average Bonchev–Trinajstić information content (AvgIpc) is 2.72. The average molecular weight is 401 g/mol. The van der Waals surface area contributed by atoms with Gasteiger partial charge in [-0.1, -0.05) is 30.7 Å². The lowest BCUT2D eigenvalue weighted by molar-refractivity contribution is 0.0696. The van der Waals surface area contributed by atoms with Crippen molar-refractivity contribution in [3.8, 4) is 0 Å². The second-order valence-electron chi connectivity index (χ2n) is 7.25. The molecular weight excluding hydrogens is 376 g/mol. The Morgan fingerprint density at radius 1 is 1.11 bits per heavy atom. The molecule has 6 heteroatoms. The van der Waals surface area contributed by atoms with Crippen LogP contribution in [0.15, 0.2) is 42.5 Å². The number of hydrogen-bond acceptors (Lipinski definition) is 3. The summed E-state index contributed by atoms with van der Waals surface area (Å²) in [5.41, 5.74) is 2.76. The molecule has 1 atom stereocenters. The van der Waals surface area contributed by atoms with Crippen molar-refractivity contribution < 1.29 is 14.7 Å². The molecule has 28 heavy (non-hydrogen) atoms. The highest BCUT2D eigenvalue weighted by Crippen LogP contribution is 2.27. The number of amides is 1. The van der Waals surface area contributed by atoms with E-state index in [4.69, 9.17) is 16.7 Å². The minimum atomic E-state index is -0.946. The third-order valence-electron chi connectivity index (χ3n) is 5.20. The summed E-state index contributed by atoms with van der Waals surface area (Å²) in [6.45, 7) is 4.36. The van der Waals surface area contributed by atoms with Crippen LogP contribution in [0, 0.1) is 0 Å². The van der Waals surface area contributed by atoms with E-state index in [1.54, 1.807) is 30.3 Å². The summed E-state index contributed by atoms with van der Waals surface area (Å²) in [6, 6.07) is 12.2. The molecule has 2 aromatic rings. The first-order valence-electron chi connectivity index (χ1n) is 9.61. The first-order chi connectivity index (χ1) is 13.5. The van der Waals surface area contributed by atoms with Gasteiger partial charge in [0.2, 0.25) is 0 Å². The molecule has 0 radical (unpaired) electrons. The normalized spacial score (nSPS) is 15.1. The third kappa shape index (κ3) is 4.84. The van der Waals surface area contributed by atoms with Crippen LogP contribution in [0.4, 0.5) is 5.69 Å². The van der Waals surface area contributed by atoms with E-state index in [1.165, 1.54) is 6.42 Å². The number of carboxylic acid groups (broad SMARTS) is 1. The largest absolute Gasteiger partial charge is 0.478 e. The number of carboxylic acids is 1. The summed E-state index contributed by atoms with van der Waals surface area (Å²) >= 11 is 6.15. The molecule has 2 aromatic carbocycles. The smallest absolute Gasteiger partial charge is 0.335 e. The molecule has 1 aliphatic heterocycles. The van der Waals surface area contributed by atoms with Gasteiger partial charge in [-0.05, 0) is 61.1 Å². The number of benzene rings is 2. The van der Waals surface area contributed by atoms with Gasteiger partial charge in [-0.2, -0.15) is 0 Å². The Bertz CT molecular complexity index is 845. The fraction of sp³-hybridized carbons (Fsp3) is 0.364. The fourth-order valence-corrected chi connectivity index (χ4v) is 3.69. The standard InChI is InChI=1S/C22H25ClN2O3/c1-15(16-5-7-17(8-6-16)22(27)28)14-24-21(26)19-13-18(23)9-10-20(19)25-11-3-2-4-12-25/h5-10,13,15H,2-4,11-12,14H2,1H3,(H,24,26)(H,27,28). The number of nitrogens with one attached hydrogen (secondary N) is 1. The summed E-state index contributed by atoms with van der Waals surface area (Å²) < 4.78 is 0. The van der Waals surface area contributed by atoms with Gasteiger partial charge >= 0.3 is 5.97 Å². The summed E-state index contributed by atoms with van der Waals surface area (Å²) in [5.74, 6) is -1.03. The van der Waals surface area contributed by atoms with Crippen LogP contribution < -0.4 is 10.2 Å². The number of aromatic carboxylic acids is 1. The van der Waals surface area contributed by atoms with Crippen molar-refractivity contribution in [1.29, 1.82) is 0 Å². The predicted octanol–water partition coefficient (Wildman–Crippen LogP) is 4.56. The highest BCUT2D eigenvalue weighted by atomic mass is 35.5. The van der Waals surface area contributed by atoms with Crippen LogP contribution in [0.3, 0.4) is 0 Å². The molecule has 0 bridgehead atoms. The molecule has 1 unspecified atom stereocenters. The fourth-order valence-electron chi connectivity index (χ4n) is 3.51. The highest BCUT2D eigenvalue weighted by molar-refractivity contribution is 6.31. The Morgan fingerprint density at radius 3 is 2.43 bits per heavy atom. The molecule has 0 spiro atoms. The zero-order chi connectivity index (χ0) is 20.1. The molecule has 1 amide bonds. The molecule has 0 aromatic heterocycles. The van der Waals surface area contributed by atoms with Crippen LogP contribution in [0.25, 0.3) is 0 Å². The molecule has 148 valence electrons. The first kappa shape index (κ1) is 20.2. The Labute approximate surface area is 170 Å². The summed E-state index contributed by atoms with van der Waals surface area (Å²) in [7, 11) is 0. The van der Waals surface area contributed by atoms with Crippen LogP contribution in [0.2, 0.25) is 5.02 Å². The van der Waals surface area contributed by atoms with E-state index in [2.05, 4.69) is 10.2 Å². The lowest BCUT2D eigenvalue weighted by Gasteiger charge is -2.30. The number of piperidine rings is 1. The van der Waals surface area contributed by atoms with Gasteiger partial charge in [0, 0.05) is 30.3 Å². The summed E-state index contributed by atoms with van der Waals surface area (Å²) in [4.78, 5) is 26.1. The van der Waals surface area contributed by atoms with Crippen LogP contribution in [-0.4, -0.2) is 36.6 Å². The van der Waals surface area contributed by atoms with E-state index in [0.29, 0.717) is 17.1 Å². The lowest BCUT2D eigenvalue weighted by atomic mass is 9.99. The zero-order valence-electron chi connectivity index (χ0n) is 16.0. The van der Waals surface area contributed by atoms with Gasteiger partial charge in [-0.15, -0.1) is 0 Å². The minimum absolute atomic E-state index is 0.0596. The monoisotopic (exact) mass is 400 g/mol. The maximum absolute atomic E-state index is 12.9. The molecule has 1 aliphatic rings. The SMILES string of the molecule is CC(CNC(=O)c1cc(Cl)ccc1N1CCCCC1)c1ccc(C(=O)O)cc1. The second-order valence-corrected chi connectivity index (χ2v) is 7.68. The van der Waals surface area contributed by atoms with Gasteiger partial charge in [0.15, 0.2) is 0 Å². The maximum atomic E-state index is 12.9. The van der Waals surface area contributed by atoms with Gasteiger partial charge < -0.3 is 15.3 Å².